The van der Waals surface area contributed by atoms with Gasteiger partial charge in [-0.2, -0.15) is 0 Å². The van der Waals surface area contributed by atoms with E-state index in [-0.39, 0.29) is 5.91 Å². The Morgan fingerprint density at radius 2 is 2.05 bits per heavy atom. The number of benzene rings is 1. The molecule has 3 rings (SSSR count). The summed E-state index contributed by atoms with van der Waals surface area (Å²) < 4.78 is 5.56. The van der Waals surface area contributed by atoms with E-state index in [0.29, 0.717) is 25.0 Å². The van der Waals surface area contributed by atoms with Gasteiger partial charge in [-0.25, -0.2) is 4.79 Å². The maximum atomic E-state index is 12.1. The number of para-hydroxylation sites is 1. The molecule has 1 aliphatic heterocycles. The van der Waals surface area contributed by atoms with Crippen molar-refractivity contribution in [2.24, 2.45) is 0 Å². The highest BCUT2D eigenvalue weighted by Crippen LogP contribution is 2.33. The van der Waals surface area contributed by atoms with Crippen molar-refractivity contribution in [3.8, 4) is 5.75 Å². The number of amides is 1. The summed E-state index contributed by atoms with van der Waals surface area (Å²) >= 11 is 0. The summed E-state index contributed by atoms with van der Waals surface area (Å²) in [6.45, 7) is 0. The molecule has 100 valence electrons. The van der Waals surface area contributed by atoms with Gasteiger partial charge in [-0.15, -0.1) is 0 Å². The molecule has 1 heterocycles. The van der Waals surface area contributed by atoms with Crippen molar-refractivity contribution in [2.75, 3.05) is 0 Å². The maximum Gasteiger partial charge on any atom is 0.329 e. The van der Waals surface area contributed by atoms with Crippen LogP contribution in [-0.4, -0.2) is 28.6 Å². The normalized spacial score (nSPS) is 22.8. The number of aliphatic carboxylic acids is 1. The number of fused-ring (bicyclic) bond motifs is 1. The number of carbonyl (C=O) groups excluding carboxylic acids is 1. The number of hydrogen-bond acceptors (Lipinski definition) is 3. The predicted molar refractivity (Wildman–Crippen MR) is 66.9 cm³/mol. The zero-order valence-corrected chi connectivity index (χ0v) is 10.4. The third kappa shape index (κ3) is 1.95. The van der Waals surface area contributed by atoms with Crippen LogP contribution in [0.4, 0.5) is 0 Å². The van der Waals surface area contributed by atoms with E-state index in [1.165, 1.54) is 0 Å². The number of ether oxygens (including phenoxy) is 1. The van der Waals surface area contributed by atoms with Gasteiger partial charge in [0, 0.05) is 6.42 Å². The molecule has 5 nitrogen and oxygen atoms in total. The molecule has 5 heteroatoms. The number of hydrogen-bond donors (Lipinski definition) is 2. The molecule has 0 radical (unpaired) electrons. The zero-order valence-electron chi connectivity index (χ0n) is 10.4. The second kappa shape index (κ2) is 4.26. The van der Waals surface area contributed by atoms with Gasteiger partial charge < -0.3 is 15.2 Å². The number of carboxylic acid groups (broad SMARTS) is 1. The first-order chi connectivity index (χ1) is 9.11. The van der Waals surface area contributed by atoms with Gasteiger partial charge in [0.2, 0.25) is 0 Å². The summed E-state index contributed by atoms with van der Waals surface area (Å²) in [5.74, 6) is -0.582. The van der Waals surface area contributed by atoms with Crippen molar-refractivity contribution in [2.45, 2.75) is 37.3 Å². The third-order valence-electron chi connectivity index (χ3n) is 3.92. The Kier molecular flexibility index (Phi) is 2.69. The molecule has 1 amide bonds. The molecular weight excluding hydrogens is 246 g/mol. The van der Waals surface area contributed by atoms with E-state index in [0.717, 1.165) is 12.0 Å². The van der Waals surface area contributed by atoms with Gasteiger partial charge in [-0.05, 0) is 30.9 Å². The molecule has 2 aliphatic rings. The van der Waals surface area contributed by atoms with Crippen molar-refractivity contribution >= 4 is 11.9 Å². The fourth-order valence-electron chi connectivity index (χ4n) is 2.57. The molecule has 1 saturated carbocycles. The van der Waals surface area contributed by atoms with Crippen LogP contribution in [0.25, 0.3) is 0 Å². The number of rotatable bonds is 3. The van der Waals surface area contributed by atoms with Gasteiger partial charge in [0.15, 0.2) is 6.10 Å². The van der Waals surface area contributed by atoms with Crippen LogP contribution in [0.3, 0.4) is 0 Å². The Hall–Kier alpha value is -2.04. The van der Waals surface area contributed by atoms with E-state index in [4.69, 9.17) is 4.74 Å². The molecule has 1 aromatic rings. The largest absolute Gasteiger partial charge is 0.480 e. The molecule has 0 saturated heterocycles. The molecule has 1 aromatic carbocycles. The van der Waals surface area contributed by atoms with Gasteiger partial charge in [0.05, 0.1) is 0 Å². The van der Waals surface area contributed by atoms with Crippen molar-refractivity contribution in [3.63, 3.8) is 0 Å². The smallest absolute Gasteiger partial charge is 0.329 e. The van der Waals surface area contributed by atoms with E-state index in [9.17, 15) is 14.7 Å². The van der Waals surface area contributed by atoms with Gasteiger partial charge >= 0.3 is 5.97 Å². The van der Waals surface area contributed by atoms with Gasteiger partial charge in [-0.3, -0.25) is 4.79 Å². The first-order valence-electron chi connectivity index (χ1n) is 6.41. The van der Waals surface area contributed by atoms with E-state index < -0.39 is 17.6 Å². The quantitative estimate of drug-likeness (QED) is 0.854. The van der Waals surface area contributed by atoms with Crippen molar-refractivity contribution in [3.05, 3.63) is 29.8 Å². The Bertz CT molecular complexity index is 511. The van der Waals surface area contributed by atoms with Crippen LogP contribution < -0.4 is 10.1 Å². The highest BCUT2D eigenvalue weighted by atomic mass is 16.5. The Balaban J connectivity index is 1.69. The third-order valence-corrected chi connectivity index (χ3v) is 3.92. The average Bonchev–Trinajstić information content (AvgIpc) is 2.76. The summed E-state index contributed by atoms with van der Waals surface area (Å²) in [5, 5.41) is 11.8. The highest BCUT2D eigenvalue weighted by molar-refractivity contribution is 5.90. The Morgan fingerprint density at radius 3 is 2.63 bits per heavy atom. The minimum absolute atomic E-state index is 0.335. The zero-order chi connectivity index (χ0) is 13.5. The van der Waals surface area contributed by atoms with Crippen LogP contribution in [-0.2, 0) is 16.0 Å². The van der Waals surface area contributed by atoms with E-state index in [2.05, 4.69) is 5.32 Å². The van der Waals surface area contributed by atoms with Gasteiger partial charge in [0.1, 0.15) is 11.3 Å². The lowest BCUT2D eigenvalue weighted by molar-refractivity contribution is -0.152. The first-order valence-corrected chi connectivity index (χ1v) is 6.41. The van der Waals surface area contributed by atoms with Crippen LogP contribution in [0.1, 0.15) is 24.8 Å². The molecule has 1 unspecified atom stereocenters. The van der Waals surface area contributed by atoms with Crippen LogP contribution in [0, 0.1) is 0 Å². The topological polar surface area (TPSA) is 75.6 Å². The summed E-state index contributed by atoms with van der Waals surface area (Å²) in [6, 6.07) is 7.48. The summed E-state index contributed by atoms with van der Waals surface area (Å²) in [5.41, 5.74) is -0.0875. The van der Waals surface area contributed by atoms with Gasteiger partial charge in [-0.1, -0.05) is 18.2 Å². The molecule has 1 fully saturated rings. The van der Waals surface area contributed by atoms with Crippen LogP contribution in [0.2, 0.25) is 0 Å². The van der Waals surface area contributed by atoms with E-state index in [1.807, 2.05) is 24.3 Å². The number of nitrogens with one attached hydrogen (secondary N) is 1. The molecule has 19 heavy (non-hydrogen) atoms. The second-order valence-electron chi connectivity index (χ2n) is 5.15. The molecule has 0 spiro atoms. The van der Waals surface area contributed by atoms with Crippen molar-refractivity contribution < 1.29 is 19.4 Å². The second-order valence-corrected chi connectivity index (χ2v) is 5.15. The van der Waals surface area contributed by atoms with Crippen LogP contribution >= 0.6 is 0 Å². The van der Waals surface area contributed by atoms with Crippen molar-refractivity contribution in [1.29, 1.82) is 0 Å². The summed E-state index contributed by atoms with van der Waals surface area (Å²) in [7, 11) is 0. The van der Waals surface area contributed by atoms with E-state index >= 15 is 0 Å². The van der Waals surface area contributed by atoms with Crippen molar-refractivity contribution in [1.82, 2.24) is 5.32 Å². The molecule has 0 bridgehead atoms. The Morgan fingerprint density at radius 1 is 1.32 bits per heavy atom. The highest BCUT2D eigenvalue weighted by Gasteiger charge is 2.47. The number of carboxylic acids is 1. The lowest BCUT2D eigenvalue weighted by atomic mass is 9.76. The fourth-order valence-corrected chi connectivity index (χ4v) is 2.57. The minimum atomic E-state index is -1.07. The average molecular weight is 261 g/mol. The lowest BCUT2D eigenvalue weighted by Crippen LogP contribution is -2.61. The van der Waals surface area contributed by atoms with Crippen LogP contribution in [0.5, 0.6) is 5.75 Å². The van der Waals surface area contributed by atoms with E-state index in [1.54, 1.807) is 0 Å². The SMILES string of the molecule is O=C(NC1(C(=O)O)CCC1)C1Cc2ccccc2O1. The Labute approximate surface area is 110 Å². The fraction of sp³-hybridized carbons (Fsp3) is 0.429. The van der Waals surface area contributed by atoms with Crippen LogP contribution in [0.15, 0.2) is 24.3 Å². The minimum Gasteiger partial charge on any atom is -0.480 e. The van der Waals surface area contributed by atoms with Gasteiger partial charge in [0.25, 0.3) is 5.91 Å². The molecule has 1 atom stereocenters. The standard InChI is InChI=1S/C14H15NO4/c16-12(15-14(13(17)18)6-3-7-14)11-8-9-4-1-2-5-10(9)19-11/h1-2,4-5,11H,3,6-8H2,(H,15,16)(H,17,18). The predicted octanol–water partition coefficient (Wildman–Crippen LogP) is 1.11. The molecular formula is C14H15NO4. The summed E-state index contributed by atoms with van der Waals surface area (Å²) in [4.78, 5) is 23.3. The number of carbonyl (C=O) groups is 2. The molecule has 2 N–H and O–H groups in total. The maximum absolute atomic E-state index is 12.1. The molecule has 1 aliphatic carbocycles. The monoisotopic (exact) mass is 261 g/mol. The lowest BCUT2D eigenvalue weighted by Gasteiger charge is -2.38. The summed E-state index contributed by atoms with van der Waals surface area (Å²) in [6.07, 6.45) is 1.70. The molecule has 0 aromatic heterocycles. The first kappa shape index (κ1) is 12.0.